The molecule has 1 aromatic rings. The third-order valence-corrected chi connectivity index (χ3v) is 2.44. The lowest BCUT2D eigenvalue weighted by molar-refractivity contribution is 0.442. The minimum Gasteiger partial charge on any atom is -0.370 e. The second-order valence-corrected chi connectivity index (χ2v) is 5.75. The van der Waals surface area contributed by atoms with Gasteiger partial charge in [-0.1, -0.05) is 34.6 Å². The number of hydrogen-bond acceptors (Lipinski definition) is 4. The Morgan fingerprint density at radius 2 is 1.67 bits per heavy atom. The van der Waals surface area contributed by atoms with Crippen molar-refractivity contribution in [3.05, 3.63) is 11.9 Å². The standard InChI is InChI=1S/C14H26N4/c1-6-8-15-12-9-13(16-10-14(3,4)5)18-11(7-2)17-12/h9H,6-8,10H2,1-5H3,(H2,15,16,17,18). The summed E-state index contributed by atoms with van der Waals surface area (Å²) in [7, 11) is 0. The molecule has 2 N–H and O–H groups in total. The quantitative estimate of drug-likeness (QED) is 0.813. The lowest BCUT2D eigenvalue weighted by Crippen LogP contribution is -2.20. The Hall–Kier alpha value is -1.32. The van der Waals surface area contributed by atoms with Gasteiger partial charge in [0.2, 0.25) is 0 Å². The number of anilines is 2. The topological polar surface area (TPSA) is 49.8 Å². The fourth-order valence-electron chi connectivity index (χ4n) is 1.45. The Morgan fingerprint density at radius 3 is 2.17 bits per heavy atom. The van der Waals surface area contributed by atoms with E-state index in [9.17, 15) is 0 Å². The van der Waals surface area contributed by atoms with E-state index < -0.39 is 0 Å². The Morgan fingerprint density at radius 1 is 1.06 bits per heavy atom. The molecule has 0 aromatic carbocycles. The van der Waals surface area contributed by atoms with Gasteiger partial charge in [-0.3, -0.25) is 0 Å². The van der Waals surface area contributed by atoms with Gasteiger partial charge in [0.15, 0.2) is 0 Å². The van der Waals surface area contributed by atoms with Crippen LogP contribution in [0.4, 0.5) is 11.6 Å². The molecule has 0 saturated heterocycles. The highest BCUT2D eigenvalue weighted by Gasteiger charge is 2.10. The van der Waals surface area contributed by atoms with E-state index in [1.807, 2.05) is 6.07 Å². The highest BCUT2D eigenvalue weighted by Crippen LogP contribution is 2.16. The molecule has 1 aromatic heterocycles. The second kappa shape index (κ2) is 6.57. The minimum atomic E-state index is 0.244. The normalized spacial score (nSPS) is 11.4. The van der Waals surface area contributed by atoms with E-state index in [1.165, 1.54) is 0 Å². The highest BCUT2D eigenvalue weighted by atomic mass is 15.1. The Bertz CT molecular complexity index is 369. The van der Waals surface area contributed by atoms with Gasteiger partial charge < -0.3 is 10.6 Å². The van der Waals surface area contributed by atoms with Gasteiger partial charge in [0, 0.05) is 25.6 Å². The number of aryl methyl sites for hydroxylation is 1. The average Bonchev–Trinajstić information content (AvgIpc) is 2.32. The van der Waals surface area contributed by atoms with Crippen molar-refractivity contribution in [2.45, 2.75) is 47.5 Å². The molecule has 0 unspecified atom stereocenters. The van der Waals surface area contributed by atoms with Gasteiger partial charge in [0.25, 0.3) is 0 Å². The molecule has 4 nitrogen and oxygen atoms in total. The largest absolute Gasteiger partial charge is 0.370 e. The van der Waals surface area contributed by atoms with Crippen molar-refractivity contribution in [1.29, 1.82) is 0 Å². The van der Waals surface area contributed by atoms with Crippen LogP contribution >= 0.6 is 0 Å². The maximum absolute atomic E-state index is 4.50. The monoisotopic (exact) mass is 250 g/mol. The predicted octanol–water partition coefficient (Wildman–Crippen LogP) is 3.32. The van der Waals surface area contributed by atoms with Crippen LogP contribution in [0.5, 0.6) is 0 Å². The number of nitrogens with zero attached hydrogens (tertiary/aromatic N) is 2. The molecule has 0 saturated carbocycles. The van der Waals surface area contributed by atoms with Gasteiger partial charge >= 0.3 is 0 Å². The molecule has 1 rings (SSSR count). The number of nitrogens with one attached hydrogen (secondary N) is 2. The highest BCUT2D eigenvalue weighted by molar-refractivity contribution is 5.47. The Kier molecular flexibility index (Phi) is 5.38. The van der Waals surface area contributed by atoms with E-state index in [0.29, 0.717) is 0 Å². The zero-order chi connectivity index (χ0) is 13.6. The molecule has 0 atom stereocenters. The fraction of sp³-hybridized carbons (Fsp3) is 0.714. The van der Waals surface area contributed by atoms with E-state index in [1.54, 1.807) is 0 Å². The number of aromatic nitrogens is 2. The maximum atomic E-state index is 4.50. The van der Waals surface area contributed by atoms with Gasteiger partial charge in [-0.2, -0.15) is 0 Å². The molecule has 0 radical (unpaired) electrons. The van der Waals surface area contributed by atoms with Crippen LogP contribution in [0.3, 0.4) is 0 Å². The van der Waals surface area contributed by atoms with Crippen LogP contribution in [0.1, 0.15) is 46.9 Å². The first kappa shape index (κ1) is 14.7. The van der Waals surface area contributed by atoms with Crippen molar-refractivity contribution < 1.29 is 0 Å². The van der Waals surface area contributed by atoms with Gasteiger partial charge in [0.1, 0.15) is 17.5 Å². The molecule has 0 spiro atoms. The summed E-state index contributed by atoms with van der Waals surface area (Å²) in [6.07, 6.45) is 1.95. The van der Waals surface area contributed by atoms with Gasteiger partial charge in [0.05, 0.1) is 0 Å². The fourth-order valence-corrected chi connectivity index (χ4v) is 1.45. The second-order valence-electron chi connectivity index (χ2n) is 5.75. The zero-order valence-corrected chi connectivity index (χ0v) is 12.3. The molecule has 0 aliphatic rings. The van der Waals surface area contributed by atoms with E-state index in [2.05, 4.69) is 55.2 Å². The van der Waals surface area contributed by atoms with Crippen molar-refractivity contribution in [3.8, 4) is 0 Å². The predicted molar refractivity (Wildman–Crippen MR) is 78.1 cm³/mol. The van der Waals surface area contributed by atoms with Crippen LogP contribution in [-0.2, 0) is 6.42 Å². The summed E-state index contributed by atoms with van der Waals surface area (Å²) in [5.74, 6) is 2.71. The molecule has 0 aliphatic carbocycles. The molecule has 18 heavy (non-hydrogen) atoms. The van der Waals surface area contributed by atoms with Crippen LogP contribution in [0, 0.1) is 5.41 Å². The van der Waals surface area contributed by atoms with Gasteiger partial charge in [-0.25, -0.2) is 9.97 Å². The van der Waals surface area contributed by atoms with Crippen LogP contribution in [0.2, 0.25) is 0 Å². The Labute approximate surface area is 111 Å². The first-order valence-corrected chi connectivity index (χ1v) is 6.80. The van der Waals surface area contributed by atoms with E-state index >= 15 is 0 Å². The molecule has 1 heterocycles. The average molecular weight is 250 g/mol. The SMILES string of the molecule is CCCNc1cc(NCC(C)(C)C)nc(CC)n1. The third kappa shape index (κ3) is 5.34. The van der Waals surface area contributed by atoms with Crippen molar-refractivity contribution in [2.75, 3.05) is 23.7 Å². The molecule has 0 fully saturated rings. The molecule has 4 heteroatoms. The lowest BCUT2D eigenvalue weighted by Gasteiger charge is -2.19. The van der Waals surface area contributed by atoms with Gasteiger partial charge in [-0.05, 0) is 11.8 Å². The first-order valence-electron chi connectivity index (χ1n) is 6.80. The third-order valence-electron chi connectivity index (χ3n) is 2.44. The molecular formula is C14H26N4. The summed E-state index contributed by atoms with van der Waals surface area (Å²) in [4.78, 5) is 8.97. The van der Waals surface area contributed by atoms with Crippen LogP contribution < -0.4 is 10.6 Å². The van der Waals surface area contributed by atoms with Gasteiger partial charge in [-0.15, -0.1) is 0 Å². The Balaban J connectivity index is 2.76. The molecule has 0 aliphatic heterocycles. The van der Waals surface area contributed by atoms with E-state index in [-0.39, 0.29) is 5.41 Å². The van der Waals surface area contributed by atoms with Crippen LogP contribution in [-0.4, -0.2) is 23.1 Å². The maximum Gasteiger partial charge on any atom is 0.132 e. The lowest BCUT2D eigenvalue weighted by atomic mass is 9.97. The van der Waals surface area contributed by atoms with E-state index in [4.69, 9.17) is 0 Å². The number of rotatable bonds is 6. The van der Waals surface area contributed by atoms with Crippen molar-refractivity contribution in [3.63, 3.8) is 0 Å². The summed E-state index contributed by atoms with van der Waals surface area (Å²) in [6, 6.07) is 1.99. The molecule has 0 amide bonds. The molecular weight excluding hydrogens is 224 g/mol. The van der Waals surface area contributed by atoms with Crippen LogP contribution in [0.15, 0.2) is 6.07 Å². The van der Waals surface area contributed by atoms with Crippen molar-refractivity contribution in [1.82, 2.24) is 9.97 Å². The number of hydrogen-bond donors (Lipinski definition) is 2. The summed E-state index contributed by atoms with van der Waals surface area (Å²) in [6.45, 7) is 12.7. The zero-order valence-electron chi connectivity index (χ0n) is 12.3. The summed E-state index contributed by atoms with van der Waals surface area (Å²) in [5.41, 5.74) is 0.244. The smallest absolute Gasteiger partial charge is 0.132 e. The van der Waals surface area contributed by atoms with E-state index in [0.717, 1.165) is 43.4 Å². The van der Waals surface area contributed by atoms with Crippen molar-refractivity contribution in [2.24, 2.45) is 5.41 Å². The first-order chi connectivity index (χ1) is 8.44. The van der Waals surface area contributed by atoms with Crippen LogP contribution in [0.25, 0.3) is 0 Å². The summed E-state index contributed by atoms with van der Waals surface area (Å²) < 4.78 is 0. The molecule has 102 valence electrons. The minimum absolute atomic E-state index is 0.244. The summed E-state index contributed by atoms with van der Waals surface area (Å²) in [5, 5.41) is 6.70. The molecule has 0 bridgehead atoms. The van der Waals surface area contributed by atoms with Crippen molar-refractivity contribution >= 4 is 11.6 Å². The summed E-state index contributed by atoms with van der Waals surface area (Å²) >= 11 is 0.